The Hall–Kier alpha value is -4.13. The van der Waals surface area contributed by atoms with Gasteiger partial charge in [0, 0.05) is 42.9 Å². The van der Waals surface area contributed by atoms with Crippen molar-refractivity contribution >= 4 is 35.3 Å². The minimum Gasteiger partial charge on any atom is -0.372 e. The van der Waals surface area contributed by atoms with Gasteiger partial charge >= 0.3 is 6.03 Å². The van der Waals surface area contributed by atoms with Gasteiger partial charge in [0.2, 0.25) is 0 Å². The molecule has 0 spiro atoms. The summed E-state index contributed by atoms with van der Waals surface area (Å²) in [5, 5.41) is 0. The molecule has 0 N–H and O–H groups in total. The third-order valence-corrected chi connectivity index (χ3v) is 6.47. The normalized spacial score (nSPS) is 15.3. The highest BCUT2D eigenvalue weighted by Crippen LogP contribution is 2.28. The van der Waals surface area contributed by atoms with E-state index in [0.717, 1.165) is 51.2 Å². The van der Waals surface area contributed by atoms with Crippen molar-refractivity contribution in [3.8, 4) is 5.69 Å². The standard InChI is InChI=1S/C28H30N4O3/c1-6-30(7-2)22-13-15-24(16-14-22)31-19(3)17-21(20(31)4)18-25-26(33)29(5)28(35)32(27(25)34)23-11-9-8-10-12-23/h8-18H,6-7H2,1-5H3/b25-18+. The number of para-hydroxylation sites is 1. The van der Waals surface area contributed by atoms with Gasteiger partial charge in [0.15, 0.2) is 0 Å². The molecule has 4 rings (SSSR count). The lowest BCUT2D eigenvalue weighted by atomic mass is 10.1. The Labute approximate surface area is 205 Å². The van der Waals surface area contributed by atoms with E-state index < -0.39 is 17.8 Å². The molecule has 7 nitrogen and oxygen atoms in total. The van der Waals surface area contributed by atoms with Crippen molar-refractivity contribution in [3.05, 3.63) is 83.2 Å². The largest absolute Gasteiger partial charge is 0.372 e. The lowest BCUT2D eigenvalue weighted by Crippen LogP contribution is -2.55. The average molecular weight is 471 g/mol. The monoisotopic (exact) mass is 470 g/mol. The van der Waals surface area contributed by atoms with Gasteiger partial charge in [-0.1, -0.05) is 18.2 Å². The summed E-state index contributed by atoms with van der Waals surface area (Å²) in [5.41, 5.74) is 5.17. The first-order chi connectivity index (χ1) is 16.8. The van der Waals surface area contributed by atoms with Gasteiger partial charge < -0.3 is 9.47 Å². The van der Waals surface area contributed by atoms with E-state index >= 15 is 0 Å². The first-order valence-corrected chi connectivity index (χ1v) is 11.8. The molecule has 1 aliphatic heterocycles. The molecule has 0 saturated carbocycles. The summed E-state index contributed by atoms with van der Waals surface area (Å²) in [6, 6.07) is 18.3. The van der Waals surface area contributed by atoms with Crippen LogP contribution < -0.4 is 9.80 Å². The number of carbonyl (C=O) groups excluding carboxylic acids is 3. The van der Waals surface area contributed by atoms with E-state index in [4.69, 9.17) is 0 Å². The molecule has 180 valence electrons. The number of aryl methyl sites for hydroxylation is 1. The van der Waals surface area contributed by atoms with Crippen molar-refractivity contribution in [3.63, 3.8) is 0 Å². The zero-order valence-electron chi connectivity index (χ0n) is 20.8. The van der Waals surface area contributed by atoms with Crippen molar-refractivity contribution in [1.29, 1.82) is 0 Å². The third-order valence-electron chi connectivity index (χ3n) is 6.47. The van der Waals surface area contributed by atoms with Crippen LogP contribution in [0.1, 0.15) is 30.8 Å². The maximum absolute atomic E-state index is 13.3. The predicted molar refractivity (Wildman–Crippen MR) is 139 cm³/mol. The molecule has 4 amide bonds. The molecule has 0 radical (unpaired) electrons. The van der Waals surface area contributed by atoms with Crippen LogP contribution in [0, 0.1) is 13.8 Å². The Bertz CT molecular complexity index is 1300. The van der Waals surface area contributed by atoms with E-state index in [-0.39, 0.29) is 5.57 Å². The Morgan fingerprint density at radius 1 is 0.829 bits per heavy atom. The van der Waals surface area contributed by atoms with Crippen LogP contribution in [0.2, 0.25) is 0 Å². The molecule has 0 aliphatic carbocycles. The number of rotatable bonds is 6. The number of carbonyl (C=O) groups is 3. The molecule has 0 unspecified atom stereocenters. The molecular weight excluding hydrogens is 440 g/mol. The van der Waals surface area contributed by atoms with Crippen molar-refractivity contribution in [1.82, 2.24) is 9.47 Å². The molecule has 1 aliphatic rings. The van der Waals surface area contributed by atoms with Crippen molar-refractivity contribution in [2.45, 2.75) is 27.7 Å². The molecular formula is C28H30N4O3. The van der Waals surface area contributed by atoms with Crippen LogP contribution in [0.3, 0.4) is 0 Å². The van der Waals surface area contributed by atoms with Crippen molar-refractivity contribution in [2.75, 3.05) is 29.9 Å². The summed E-state index contributed by atoms with van der Waals surface area (Å²) in [5.74, 6) is -1.24. The Morgan fingerprint density at radius 2 is 1.46 bits per heavy atom. The van der Waals surface area contributed by atoms with Crippen molar-refractivity contribution in [2.24, 2.45) is 0 Å². The quantitative estimate of drug-likeness (QED) is 0.378. The molecule has 3 aromatic rings. The molecule has 0 bridgehead atoms. The van der Waals surface area contributed by atoms with Crippen LogP contribution in [0.4, 0.5) is 16.2 Å². The maximum atomic E-state index is 13.3. The fourth-order valence-corrected chi connectivity index (χ4v) is 4.53. The second kappa shape index (κ2) is 9.62. The number of anilines is 2. The van der Waals surface area contributed by atoms with Crippen LogP contribution >= 0.6 is 0 Å². The molecule has 1 fully saturated rings. The number of imide groups is 2. The average Bonchev–Trinajstić information content (AvgIpc) is 3.15. The minimum absolute atomic E-state index is 0.0481. The summed E-state index contributed by atoms with van der Waals surface area (Å²) >= 11 is 0. The predicted octanol–water partition coefficient (Wildman–Crippen LogP) is 4.95. The zero-order chi connectivity index (χ0) is 25.3. The summed E-state index contributed by atoms with van der Waals surface area (Å²) in [4.78, 5) is 43.3. The number of likely N-dealkylation sites (N-methyl/N-ethyl adjacent to an activating group) is 1. The van der Waals surface area contributed by atoms with E-state index in [1.807, 2.05) is 19.9 Å². The van der Waals surface area contributed by atoms with E-state index in [2.05, 4.69) is 47.6 Å². The molecule has 2 heterocycles. The van der Waals surface area contributed by atoms with Gasteiger partial charge in [-0.3, -0.25) is 14.5 Å². The molecule has 35 heavy (non-hydrogen) atoms. The Balaban J connectivity index is 1.73. The number of nitrogens with zero attached hydrogens (tertiary/aromatic N) is 4. The van der Waals surface area contributed by atoms with Crippen LogP contribution in [0.5, 0.6) is 0 Å². The van der Waals surface area contributed by atoms with Crippen LogP contribution in [-0.4, -0.2) is 47.4 Å². The highest BCUT2D eigenvalue weighted by atomic mass is 16.2. The Morgan fingerprint density at radius 3 is 2.06 bits per heavy atom. The number of barbiturate groups is 1. The number of aromatic nitrogens is 1. The summed E-state index contributed by atoms with van der Waals surface area (Å²) in [6.45, 7) is 10.1. The number of hydrogen-bond donors (Lipinski definition) is 0. The van der Waals surface area contributed by atoms with Gasteiger partial charge in [0.05, 0.1) is 5.69 Å². The van der Waals surface area contributed by atoms with Crippen LogP contribution in [0.15, 0.2) is 66.2 Å². The van der Waals surface area contributed by atoms with Gasteiger partial charge in [-0.05, 0) is 81.8 Å². The summed E-state index contributed by atoms with van der Waals surface area (Å²) < 4.78 is 2.10. The number of amides is 4. The van der Waals surface area contributed by atoms with E-state index in [0.29, 0.717) is 5.69 Å². The minimum atomic E-state index is -0.665. The van der Waals surface area contributed by atoms with Gasteiger partial charge in [-0.15, -0.1) is 0 Å². The highest BCUT2D eigenvalue weighted by Gasteiger charge is 2.41. The van der Waals surface area contributed by atoms with Gasteiger partial charge in [-0.25, -0.2) is 9.69 Å². The van der Waals surface area contributed by atoms with E-state index in [9.17, 15) is 14.4 Å². The molecule has 2 aromatic carbocycles. The van der Waals surface area contributed by atoms with Gasteiger partial charge in [-0.2, -0.15) is 0 Å². The lowest BCUT2D eigenvalue weighted by molar-refractivity contribution is -0.128. The van der Waals surface area contributed by atoms with Crippen LogP contribution in [0.25, 0.3) is 11.8 Å². The number of hydrogen-bond acceptors (Lipinski definition) is 4. The molecule has 1 aromatic heterocycles. The summed E-state index contributed by atoms with van der Waals surface area (Å²) in [7, 11) is 1.39. The molecule has 0 atom stereocenters. The Kier molecular flexibility index (Phi) is 6.60. The highest BCUT2D eigenvalue weighted by molar-refractivity contribution is 6.39. The third kappa shape index (κ3) is 4.25. The second-order valence-corrected chi connectivity index (χ2v) is 8.53. The number of urea groups is 1. The fraction of sp³-hybridized carbons (Fsp3) is 0.250. The second-order valence-electron chi connectivity index (χ2n) is 8.53. The first-order valence-electron chi connectivity index (χ1n) is 11.8. The maximum Gasteiger partial charge on any atom is 0.338 e. The zero-order valence-corrected chi connectivity index (χ0v) is 20.8. The first kappa shape index (κ1) is 24.0. The van der Waals surface area contributed by atoms with Gasteiger partial charge in [0.1, 0.15) is 5.57 Å². The number of benzene rings is 2. The topological polar surface area (TPSA) is 65.9 Å². The molecule has 7 heteroatoms. The van der Waals surface area contributed by atoms with E-state index in [1.165, 1.54) is 7.05 Å². The smallest absolute Gasteiger partial charge is 0.338 e. The SMILES string of the molecule is CCN(CC)c1ccc(-n2c(C)cc(/C=C3\C(=O)N(C)C(=O)N(c4ccccc4)C3=O)c2C)cc1. The fourth-order valence-electron chi connectivity index (χ4n) is 4.53. The van der Waals surface area contributed by atoms with Crippen molar-refractivity contribution < 1.29 is 14.4 Å². The molecule has 1 saturated heterocycles. The van der Waals surface area contributed by atoms with Gasteiger partial charge in [0.25, 0.3) is 11.8 Å². The van der Waals surface area contributed by atoms with E-state index in [1.54, 1.807) is 36.4 Å². The van der Waals surface area contributed by atoms with Crippen LogP contribution in [-0.2, 0) is 9.59 Å². The summed E-state index contributed by atoms with van der Waals surface area (Å²) in [6.07, 6.45) is 1.59. The lowest BCUT2D eigenvalue weighted by Gasteiger charge is -2.31.